The summed E-state index contributed by atoms with van der Waals surface area (Å²) in [5.74, 6) is 3.55. The van der Waals surface area contributed by atoms with Gasteiger partial charge >= 0.3 is 0 Å². The van der Waals surface area contributed by atoms with Crippen LogP contribution in [0.25, 0.3) is 0 Å². The summed E-state index contributed by atoms with van der Waals surface area (Å²) in [7, 11) is 4.06. The zero-order chi connectivity index (χ0) is 18.5. The van der Waals surface area contributed by atoms with Gasteiger partial charge in [-0.3, -0.25) is 4.99 Å². The Morgan fingerprint density at radius 2 is 1.88 bits per heavy atom. The lowest BCUT2D eigenvalue weighted by Gasteiger charge is -2.37. The lowest BCUT2D eigenvalue weighted by Crippen LogP contribution is -2.48. The standard InChI is InChI=1S/C20H34N6/c1-16-11-17(2)15-26(14-16)20(21-3)23-13-18-5-6-22-19(12-18)25-9-7-24(4)8-10-25/h5-6,12,16-17H,7-11,13-15H2,1-4H3,(H,21,23). The van der Waals surface area contributed by atoms with Gasteiger partial charge in [-0.05, 0) is 43.0 Å². The summed E-state index contributed by atoms with van der Waals surface area (Å²) in [6, 6.07) is 4.31. The Hall–Kier alpha value is -1.82. The smallest absolute Gasteiger partial charge is 0.193 e. The number of likely N-dealkylation sites (N-methyl/N-ethyl adjacent to an activating group) is 1. The number of piperazine rings is 1. The normalized spacial score (nSPS) is 25.5. The summed E-state index contributed by atoms with van der Waals surface area (Å²) < 4.78 is 0. The van der Waals surface area contributed by atoms with Crippen molar-refractivity contribution in [1.82, 2.24) is 20.1 Å². The van der Waals surface area contributed by atoms with E-state index in [1.165, 1.54) is 12.0 Å². The lowest BCUT2D eigenvalue weighted by molar-refractivity contribution is 0.208. The quantitative estimate of drug-likeness (QED) is 0.660. The van der Waals surface area contributed by atoms with E-state index in [9.17, 15) is 0 Å². The van der Waals surface area contributed by atoms with Crippen LogP contribution in [0.5, 0.6) is 0 Å². The SMILES string of the molecule is CN=C(NCc1ccnc(N2CCN(C)CC2)c1)N1CC(C)CC(C)C1. The van der Waals surface area contributed by atoms with Gasteiger partial charge in [0.05, 0.1) is 0 Å². The van der Waals surface area contributed by atoms with E-state index in [0.29, 0.717) is 0 Å². The molecule has 1 aromatic rings. The van der Waals surface area contributed by atoms with Gasteiger partial charge in [0.25, 0.3) is 0 Å². The van der Waals surface area contributed by atoms with Gasteiger partial charge in [-0.25, -0.2) is 4.98 Å². The average Bonchev–Trinajstić information content (AvgIpc) is 2.62. The van der Waals surface area contributed by atoms with E-state index in [4.69, 9.17) is 0 Å². The van der Waals surface area contributed by atoms with Gasteiger partial charge in [0.2, 0.25) is 0 Å². The number of pyridine rings is 1. The Morgan fingerprint density at radius 1 is 1.19 bits per heavy atom. The Bertz CT molecular complexity index is 598. The van der Waals surface area contributed by atoms with E-state index >= 15 is 0 Å². The molecule has 2 fully saturated rings. The maximum absolute atomic E-state index is 4.58. The molecule has 2 aliphatic rings. The molecule has 0 aliphatic carbocycles. The van der Waals surface area contributed by atoms with Crippen LogP contribution in [0, 0.1) is 11.8 Å². The topological polar surface area (TPSA) is 47.0 Å². The Kier molecular flexibility index (Phi) is 6.35. The zero-order valence-corrected chi connectivity index (χ0v) is 16.8. The number of aliphatic imine (C=N–C) groups is 1. The van der Waals surface area contributed by atoms with E-state index < -0.39 is 0 Å². The first-order chi connectivity index (χ1) is 12.5. The monoisotopic (exact) mass is 358 g/mol. The molecule has 6 heteroatoms. The molecular formula is C20H34N6. The summed E-state index contributed by atoms with van der Waals surface area (Å²) in [4.78, 5) is 16.3. The maximum Gasteiger partial charge on any atom is 0.193 e. The highest BCUT2D eigenvalue weighted by atomic mass is 15.3. The summed E-state index contributed by atoms with van der Waals surface area (Å²) in [6.07, 6.45) is 3.24. The summed E-state index contributed by atoms with van der Waals surface area (Å²) in [5.41, 5.74) is 1.26. The first-order valence-corrected chi connectivity index (χ1v) is 9.89. The van der Waals surface area contributed by atoms with Crippen molar-refractivity contribution in [3.8, 4) is 0 Å². The van der Waals surface area contributed by atoms with Crippen LogP contribution in [-0.4, -0.2) is 74.1 Å². The fourth-order valence-corrected chi connectivity index (χ4v) is 4.13. The van der Waals surface area contributed by atoms with Crippen LogP contribution in [0.15, 0.2) is 23.3 Å². The molecular weight excluding hydrogens is 324 g/mol. The van der Waals surface area contributed by atoms with Gasteiger partial charge in [0, 0.05) is 59.1 Å². The van der Waals surface area contributed by atoms with Crippen LogP contribution >= 0.6 is 0 Å². The number of nitrogens with zero attached hydrogens (tertiary/aromatic N) is 5. The predicted octanol–water partition coefficient (Wildman–Crippen LogP) is 1.89. The predicted molar refractivity (Wildman–Crippen MR) is 109 cm³/mol. The van der Waals surface area contributed by atoms with Crippen molar-refractivity contribution in [1.29, 1.82) is 0 Å². The number of rotatable bonds is 3. The third-order valence-corrected chi connectivity index (χ3v) is 5.47. The van der Waals surface area contributed by atoms with Gasteiger partial charge in [0.15, 0.2) is 5.96 Å². The molecule has 0 aromatic carbocycles. The highest BCUT2D eigenvalue weighted by molar-refractivity contribution is 5.80. The second-order valence-electron chi connectivity index (χ2n) is 8.06. The Balaban J connectivity index is 1.59. The van der Waals surface area contributed by atoms with Crippen molar-refractivity contribution in [3.63, 3.8) is 0 Å². The van der Waals surface area contributed by atoms with E-state index in [1.807, 2.05) is 13.2 Å². The van der Waals surface area contributed by atoms with E-state index in [2.05, 4.69) is 63.0 Å². The van der Waals surface area contributed by atoms with Gasteiger partial charge in [0.1, 0.15) is 5.82 Å². The number of guanidine groups is 1. The van der Waals surface area contributed by atoms with E-state index in [0.717, 1.165) is 69.4 Å². The van der Waals surface area contributed by atoms with Crippen molar-refractivity contribution in [2.75, 3.05) is 58.3 Å². The molecule has 3 rings (SSSR count). The second kappa shape index (κ2) is 8.71. The van der Waals surface area contributed by atoms with Crippen LogP contribution in [0.2, 0.25) is 0 Å². The van der Waals surface area contributed by atoms with Crippen LogP contribution in [0.1, 0.15) is 25.8 Å². The Morgan fingerprint density at radius 3 is 2.54 bits per heavy atom. The molecule has 0 saturated carbocycles. The average molecular weight is 359 g/mol. The summed E-state index contributed by atoms with van der Waals surface area (Å²) in [6.45, 7) is 11.9. The van der Waals surface area contributed by atoms with Gasteiger partial charge in [-0.2, -0.15) is 0 Å². The number of nitrogens with one attached hydrogen (secondary N) is 1. The van der Waals surface area contributed by atoms with Crippen molar-refractivity contribution >= 4 is 11.8 Å². The molecule has 144 valence electrons. The second-order valence-corrected chi connectivity index (χ2v) is 8.06. The van der Waals surface area contributed by atoms with Crippen molar-refractivity contribution in [3.05, 3.63) is 23.9 Å². The molecule has 2 saturated heterocycles. The van der Waals surface area contributed by atoms with Gasteiger partial charge in [-0.15, -0.1) is 0 Å². The van der Waals surface area contributed by atoms with Crippen molar-refractivity contribution in [2.45, 2.75) is 26.8 Å². The van der Waals surface area contributed by atoms with Crippen LogP contribution < -0.4 is 10.2 Å². The highest BCUT2D eigenvalue weighted by Gasteiger charge is 2.24. The van der Waals surface area contributed by atoms with Crippen LogP contribution in [0.4, 0.5) is 5.82 Å². The molecule has 26 heavy (non-hydrogen) atoms. The van der Waals surface area contributed by atoms with Crippen molar-refractivity contribution < 1.29 is 0 Å². The fraction of sp³-hybridized carbons (Fsp3) is 0.700. The molecule has 1 aromatic heterocycles. The molecule has 2 atom stereocenters. The third-order valence-electron chi connectivity index (χ3n) is 5.47. The number of hydrogen-bond acceptors (Lipinski definition) is 4. The first-order valence-electron chi connectivity index (χ1n) is 9.89. The summed E-state index contributed by atoms with van der Waals surface area (Å²) in [5, 5.41) is 3.56. The van der Waals surface area contributed by atoms with E-state index in [1.54, 1.807) is 0 Å². The zero-order valence-electron chi connectivity index (χ0n) is 16.8. The minimum Gasteiger partial charge on any atom is -0.354 e. The lowest BCUT2D eigenvalue weighted by atomic mass is 9.92. The van der Waals surface area contributed by atoms with Crippen LogP contribution in [0.3, 0.4) is 0 Å². The molecule has 6 nitrogen and oxygen atoms in total. The number of hydrogen-bond donors (Lipinski definition) is 1. The van der Waals surface area contributed by atoms with E-state index in [-0.39, 0.29) is 0 Å². The molecule has 3 heterocycles. The molecule has 1 N–H and O–H groups in total. The summed E-state index contributed by atoms with van der Waals surface area (Å²) >= 11 is 0. The molecule has 2 aliphatic heterocycles. The minimum absolute atomic E-state index is 0.724. The molecule has 0 amide bonds. The van der Waals surface area contributed by atoms with Crippen LogP contribution in [-0.2, 0) is 6.54 Å². The Labute approximate surface area is 158 Å². The number of likely N-dealkylation sites (tertiary alicyclic amines) is 1. The molecule has 0 bridgehead atoms. The molecule has 0 radical (unpaired) electrons. The van der Waals surface area contributed by atoms with Gasteiger partial charge < -0.3 is 20.0 Å². The van der Waals surface area contributed by atoms with Crippen molar-refractivity contribution in [2.24, 2.45) is 16.8 Å². The fourth-order valence-electron chi connectivity index (χ4n) is 4.13. The third kappa shape index (κ3) is 4.87. The molecule has 0 spiro atoms. The molecule has 2 unspecified atom stereocenters. The highest BCUT2D eigenvalue weighted by Crippen LogP contribution is 2.21. The number of piperidine rings is 1. The first kappa shape index (κ1) is 19.0. The number of anilines is 1. The largest absolute Gasteiger partial charge is 0.354 e. The number of aromatic nitrogens is 1. The van der Waals surface area contributed by atoms with Gasteiger partial charge in [-0.1, -0.05) is 13.8 Å². The minimum atomic E-state index is 0.724. The maximum atomic E-state index is 4.58.